The van der Waals surface area contributed by atoms with Crippen LogP contribution in [0.1, 0.15) is 83.1 Å². The van der Waals surface area contributed by atoms with Crippen molar-refractivity contribution in [3.8, 4) is 34.5 Å². The van der Waals surface area contributed by atoms with E-state index in [2.05, 4.69) is 119 Å². The molecular weight excluding hydrogens is 921 g/mol. The molecule has 0 radical (unpaired) electrons. The largest absolute Gasteiger partial charge is 0.494 e. The Morgan fingerprint density at radius 2 is 0.493 bits per heavy atom. The van der Waals surface area contributed by atoms with Gasteiger partial charge in [-0.15, -0.1) is 0 Å². The highest BCUT2D eigenvalue weighted by Gasteiger charge is 2.54. The maximum absolute atomic E-state index is 6.14. The Balaban J connectivity index is 0.000000120. The molecule has 0 aliphatic carbocycles. The molecule has 0 amide bonds. The molecule has 6 heterocycles. The average Bonchev–Trinajstić information content (AvgIpc) is 3.78. The number of para-hydroxylation sites is 3. The molecule has 69 heavy (non-hydrogen) atoms. The molecule has 6 aliphatic heterocycles. The molecular formula is C54H57B3O9S3. The maximum atomic E-state index is 6.14. The molecule has 6 aliphatic rings. The minimum absolute atomic E-state index is 0.330. The summed E-state index contributed by atoms with van der Waals surface area (Å²) < 4.78 is 54.8. The van der Waals surface area contributed by atoms with E-state index >= 15 is 0 Å². The first kappa shape index (κ1) is 48.4. The highest BCUT2D eigenvalue weighted by Crippen LogP contribution is 2.50. The second-order valence-corrected chi connectivity index (χ2v) is 24.1. The lowest BCUT2D eigenvalue weighted by atomic mass is 9.79. The monoisotopic (exact) mass is 978 g/mol. The van der Waals surface area contributed by atoms with Gasteiger partial charge in [0.1, 0.15) is 34.5 Å². The molecule has 0 unspecified atom stereocenters. The molecule has 3 fully saturated rings. The van der Waals surface area contributed by atoms with Gasteiger partial charge < -0.3 is 42.1 Å². The van der Waals surface area contributed by atoms with Crippen LogP contribution in [0.25, 0.3) is 0 Å². The molecule has 354 valence electrons. The van der Waals surface area contributed by atoms with Gasteiger partial charge in [-0.05, 0) is 172 Å². The molecule has 6 aromatic carbocycles. The summed E-state index contributed by atoms with van der Waals surface area (Å²) in [5, 5.41) is 0. The van der Waals surface area contributed by atoms with Gasteiger partial charge >= 0.3 is 21.4 Å². The van der Waals surface area contributed by atoms with Crippen LogP contribution in [0.15, 0.2) is 157 Å². The van der Waals surface area contributed by atoms with Gasteiger partial charge in [-0.2, -0.15) is 0 Å². The second-order valence-electron chi connectivity index (χ2n) is 20.8. The zero-order chi connectivity index (χ0) is 48.7. The third-order valence-corrected chi connectivity index (χ3v) is 17.6. The van der Waals surface area contributed by atoms with Crippen LogP contribution in [-0.4, -0.2) is 55.0 Å². The highest BCUT2D eigenvalue weighted by molar-refractivity contribution is 8.00. The zero-order valence-corrected chi connectivity index (χ0v) is 43.7. The fourth-order valence-corrected chi connectivity index (χ4v) is 11.0. The summed E-state index contributed by atoms with van der Waals surface area (Å²) in [4.78, 5) is 6.67. The summed E-state index contributed by atoms with van der Waals surface area (Å²) >= 11 is 5.16. The summed E-state index contributed by atoms with van der Waals surface area (Å²) in [5.41, 5.74) is 1.10. The first-order chi connectivity index (χ1) is 32.6. The van der Waals surface area contributed by atoms with E-state index in [0.717, 1.165) is 80.3 Å². The third-order valence-electron chi connectivity index (χ3n) is 14.3. The van der Waals surface area contributed by atoms with E-state index in [1.165, 1.54) is 0 Å². The standard InChI is InChI=1S/3C18H19BO3S/c3*1-17(2)18(3,4)22-19(21-17)12-9-10-14-16(11-12)23-15-8-6-5-7-13(15)20-14/h3*5-11H,1-4H3. The number of benzene rings is 6. The number of hydrogen-bond acceptors (Lipinski definition) is 12. The highest BCUT2D eigenvalue weighted by atomic mass is 32.2. The first-order valence-corrected chi connectivity index (χ1v) is 25.9. The predicted octanol–water partition coefficient (Wildman–Crippen LogP) is 12.7. The molecule has 15 heteroatoms. The van der Waals surface area contributed by atoms with Crippen molar-refractivity contribution in [2.24, 2.45) is 0 Å². The smallest absolute Gasteiger partial charge is 0.455 e. The molecule has 0 spiro atoms. The zero-order valence-electron chi connectivity index (χ0n) is 41.3. The number of ether oxygens (including phenoxy) is 3. The Hall–Kier alpha value is -4.28. The maximum Gasteiger partial charge on any atom is 0.494 e. The average molecular weight is 979 g/mol. The van der Waals surface area contributed by atoms with E-state index in [0.29, 0.717) is 0 Å². The number of hydrogen-bond donors (Lipinski definition) is 0. The van der Waals surface area contributed by atoms with Crippen molar-refractivity contribution in [1.29, 1.82) is 0 Å². The van der Waals surface area contributed by atoms with E-state index in [-0.39, 0.29) is 55.0 Å². The van der Waals surface area contributed by atoms with E-state index in [4.69, 9.17) is 42.1 Å². The summed E-state index contributed by atoms with van der Waals surface area (Å²) in [6.07, 6.45) is 0. The van der Waals surface area contributed by atoms with Crippen LogP contribution in [0.5, 0.6) is 34.5 Å². The summed E-state index contributed by atoms with van der Waals surface area (Å²) in [7, 11) is -1.03. The second kappa shape index (κ2) is 17.8. The number of fused-ring (bicyclic) bond motifs is 6. The first-order valence-electron chi connectivity index (χ1n) is 23.4. The van der Waals surface area contributed by atoms with E-state index in [1.54, 1.807) is 35.3 Å². The van der Waals surface area contributed by atoms with Crippen LogP contribution < -0.4 is 30.6 Å². The van der Waals surface area contributed by atoms with Crippen molar-refractivity contribution in [2.45, 2.75) is 146 Å². The van der Waals surface area contributed by atoms with Crippen LogP contribution in [0.4, 0.5) is 0 Å². The normalized spacial score (nSPS) is 20.6. The summed E-state index contributed by atoms with van der Waals surface area (Å²) in [6, 6.07) is 42.6. The van der Waals surface area contributed by atoms with E-state index in [9.17, 15) is 0 Å². The SMILES string of the molecule is CC1(C)OB(c2ccc3c(c2)Sc2ccccc2O3)OC1(C)C.CC1(C)OB(c2ccc3c(c2)Sc2ccccc2O3)OC1(C)C.CC1(C)OB(c2ccc3c(c2)Sc2ccccc2O3)OC1(C)C. The number of rotatable bonds is 3. The van der Waals surface area contributed by atoms with Gasteiger partial charge in [0.2, 0.25) is 0 Å². The van der Waals surface area contributed by atoms with Crippen molar-refractivity contribution >= 4 is 73.0 Å². The van der Waals surface area contributed by atoms with E-state index < -0.39 is 0 Å². The summed E-state index contributed by atoms with van der Waals surface area (Å²) in [5.74, 6) is 5.38. The molecule has 0 bridgehead atoms. The quantitative estimate of drug-likeness (QED) is 0.158. The van der Waals surface area contributed by atoms with E-state index in [1.807, 2.05) is 91.0 Å². The Morgan fingerprint density at radius 1 is 0.275 bits per heavy atom. The van der Waals surface area contributed by atoms with Crippen molar-refractivity contribution in [1.82, 2.24) is 0 Å². The molecule has 9 nitrogen and oxygen atoms in total. The van der Waals surface area contributed by atoms with Gasteiger partial charge in [0.05, 0.1) is 63.0 Å². The molecule has 0 N–H and O–H groups in total. The van der Waals surface area contributed by atoms with Crippen molar-refractivity contribution in [3.05, 3.63) is 127 Å². The minimum Gasteiger partial charge on any atom is -0.455 e. The molecule has 0 saturated carbocycles. The van der Waals surface area contributed by atoms with Crippen LogP contribution in [0, 0.1) is 0 Å². The lowest BCUT2D eigenvalue weighted by Gasteiger charge is -2.32. The fourth-order valence-electron chi connectivity index (χ4n) is 8.01. The van der Waals surface area contributed by atoms with Gasteiger partial charge in [0, 0.05) is 0 Å². The van der Waals surface area contributed by atoms with Crippen molar-refractivity contribution in [2.75, 3.05) is 0 Å². The van der Waals surface area contributed by atoms with Crippen LogP contribution in [0.2, 0.25) is 0 Å². The van der Waals surface area contributed by atoms with Gasteiger partial charge in [-0.1, -0.05) is 89.9 Å². The predicted molar refractivity (Wildman–Crippen MR) is 278 cm³/mol. The minimum atomic E-state index is -0.344. The van der Waals surface area contributed by atoms with Crippen molar-refractivity contribution < 1.29 is 42.1 Å². The molecule has 3 saturated heterocycles. The van der Waals surface area contributed by atoms with Gasteiger partial charge in [-0.25, -0.2) is 0 Å². The van der Waals surface area contributed by atoms with Crippen LogP contribution in [0.3, 0.4) is 0 Å². The van der Waals surface area contributed by atoms with Gasteiger partial charge in [0.25, 0.3) is 0 Å². The van der Waals surface area contributed by atoms with Gasteiger partial charge in [-0.3, -0.25) is 0 Å². The van der Waals surface area contributed by atoms with Crippen LogP contribution >= 0.6 is 35.3 Å². The lowest BCUT2D eigenvalue weighted by molar-refractivity contribution is 0.00578. The Bertz CT molecular complexity index is 2580. The Morgan fingerprint density at radius 3 is 0.739 bits per heavy atom. The third kappa shape index (κ3) is 9.40. The van der Waals surface area contributed by atoms with Crippen molar-refractivity contribution in [3.63, 3.8) is 0 Å². The summed E-state index contributed by atoms with van der Waals surface area (Å²) in [6.45, 7) is 24.8. The Kier molecular flexibility index (Phi) is 12.5. The molecule has 12 rings (SSSR count). The van der Waals surface area contributed by atoms with Gasteiger partial charge in [0.15, 0.2) is 0 Å². The fraction of sp³-hybridized carbons (Fsp3) is 0.333. The Labute approximate surface area is 420 Å². The van der Waals surface area contributed by atoms with Crippen LogP contribution in [-0.2, 0) is 27.9 Å². The topological polar surface area (TPSA) is 83.1 Å². The molecule has 0 atom stereocenters. The molecule has 0 aromatic heterocycles. The molecule has 6 aromatic rings. The lowest BCUT2D eigenvalue weighted by Crippen LogP contribution is -2.41.